The van der Waals surface area contributed by atoms with Gasteiger partial charge in [-0.25, -0.2) is 0 Å². The zero-order valence-corrected chi connectivity index (χ0v) is 20.0. The first-order chi connectivity index (χ1) is 13.2. The van der Waals surface area contributed by atoms with Gasteiger partial charge in [-0.2, -0.15) is 0 Å². The molecule has 0 amide bonds. The van der Waals surface area contributed by atoms with Crippen molar-refractivity contribution in [2.24, 2.45) is 5.92 Å². The molecule has 0 heterocycles. The van der Waals surface area contributed by atoms with Crippen LogP contribution in [0, 0.1) is 26.7 Å². The predicted molar refractivity (Wildman–Crippen MR) is 120 cm³/mol. The number of carboxylic acids is 1. The van der Waals surface area contributed by atoms with Gasteiger partial charge in [-0.05, 0) is 0 Å². The third kappa shape index (κ3) is 6.03. The van der Waals surface area contributed by atoms with E-state index in [4.69, 9.17) is 16.7 Å². The molecule has 5 heteroatoms. The van der Waals surface area contributed by atoms with E-state index < -0.39 is 5.97 Å². The summed E-state index contributed by atoms with van der Waals surface area (Å²) in [5.74, 6) is -0.940. The Bertz CT molecular complexity index is 814. The number of hydrogen-bond acceptors (Lipinski definition) is 2. The average molecular weight is 463 g/mol. The summed E-state index contributed by atoms with van der Waals surface area (Å²) in [6.07, 6.45) is 0.978. The van der Waals surface area contributed by atoms with Crippen molar-refractivity contribution < 1.29 is 9.90 Å². The van der Waals surface area contributed by atoms with Gasteiger partial charge in [0.2, 0.25) is 0 Å². The van der Waals surface area contributed by atoms with Crippen LogP contribution in [-0.2, 0) is 10.0 Å². The standard InChI is InChI=1S/C23H30AsClNO2/c1-6-21(18-9-15(3)22(25)16(4)10-18)26-20-8-7-14(2)19(11-20)13-24-12-17(5)23(27)28/h7-11,17,21,26H,6,12-13H2,1-5H3,(H,27,28)/t17-,21-/m1/s1. The van der Waals surface area contributed by atoms with Crippen molar-refractivity contribution in [2.75, 3.05) is 5.32 Å². The second kappa shape index (κ2) is 10.4. The fourth-order valence-corrected chi connectivity index (χ4v) is 5.93. The van der Waals surface area contributed by atoms with Gasteiger partial charge in [0.05, 0.1) is 0 Å². The van der Waals surface area contributed by atoms with Gasteiger partial charge in [0, 0.05) is 0 Å². The molecule has 0 spiro atoms. The van der Waals surface area contributed by atoms with Gasteiger partial charge in [0.25, 0.3) is 0 Å². The second-order valence-electron chi connectivity index (χ2n) is 7.52. The molecular formula is C23H30AsClNO2. The fourth-order valence-electron chi connectivity index (χ4n) is 3.19. The number of carboxylic acid groups (broad SMARTS) is 1. The minimum absolute atomic E-state index is 0.00857. The molecule has 0 bridgehead atoms. The Kier molecular flexibility index (Phi) is 8.46. The maximum atomic E-state index is 11.0. The molecular weight excluding hydrogens is 433 g/mol. The van der Waals surface area contributed by atoms with Crippen molar-refractivity contribution >= 4 is 39.0 Å². The molecule has 1 radical (unpaired) electrons. The summed E-state index contributed by atoms with van der Waals surface area (Å²) in [6, 6.07) is 11.1. The molecule has 0 fully saturated rings. The van der Waals surface area contributed by atoms with Crippen LogP contribution in [0.3, 0.4) is 0 Å². The molecule has 0 unspecified atom stereocenters. The molecule has 0 aliphatic carbocycles. The van der Waals surface area contributed by atoms with Crippen molar-refractivity contribution in [1.82, 2.24) is 0 Å². The van der Waals surface area contributed by atoms with Crippen molar-refractivity contribution in [3.8, 4) is 0 Å². The van der Waals surface area contributed by atoms with Crippen LogP contribution in [0.2, 0.25) is 10.2 Å². The number of aryl methyl sites for hydroxylation is 3. The van der Waals surface area contributed by atoms with Crippen LogP contribution >= 0.6 is 11.6 Å². The van der Waals surface area contributed by atoms with Crippen molar-refractivity contribution in [3.05, 3.63) is 63.2 Å². The Morgan fingerprint density at radius 2 is 1.79 bits per heavy atom. The quantitative estimate of drug-likeness (QED) is 0.438. The van der Waals surface area contributed by atoms with Gasteiger partial charge in [0.1, 0.15) is 0 Å². The van der Waals surface area contributed by atoms with E-state index in [-0.39, 0.29) is 27.7 Å². The van der Waals surface area contributed by atoms with E-state index in [0.29, 0.717) is 0 Å². The zero-order chi connectivity index (χ0) is 20.8. The summed E-state index contributed by atoms with van der Waals surface area (Å²) >= 11 is 6.32. The number of halogens is 1. The summed E-state index contributed by atoms with van der Waals surface area (Å²) in [7, 11) is 0. The first-order valence-electron chi connectivity index (χ1n) is 9.71. The van der Waals surface area contributed by atoms with E-state index in [1.807, 2.05) is 0 Å². The number of nitrogens with one attached hydrogen (secondary N) is 1. The molecule has 0 aromatic heterocycles. The monoisotopic (exact) mass is 462 g/mol. The molecule has 0 aliphatic rings. The second-order valence-corrected chi connectivity index (χ2v) is 10.3. The van der Waals surface area contributed by atoms with Gasteiger partial charge in [-0.1, -0.05) is 0 Å². The zero-order valence-electron chi connectivity index (χ0n) is 17.3. The van der Waals surface area contributed by atoms with Crippen LogP contribution in [0.25, 0.3) is 0 Å². The fraction of sp³-hybridized carbons (Fsp3) is 0.435. The number of hydrogen-bond donors (Lipinski definition) is 2. The summed E-state index contributed by atoms with van der Waals surface area (Å²) in [5.41, 5.74) is 7.18. The van der Waals surface area contributed by atoms with Gasteiger partial charge < -0.3 is 0 Å². The number of aliphatic carboxylic acids is 1. The summed E-state index contributed by atoms with van der Waals surface area (Å²) < 4.78 is 0. The Morgan fingerprint density at radius 1 is 1.14 bits per heavy atom. The maximum absolute atomic E-state index is 11.0. The van der Waals surface area contributed by atoms with E-state index in [1.165, 1.54) is 16.7 Å². The molecule has 2 aromatic carbocycles. The van der Waals surface area contributed by atoms with Gasteiger partial charge in [-0.3, -0.25) is 0 Å². The number of anilines is 1. The first-order valence-corrected chi connectivity index (χ1v) is 12.7. The van der Waals surface area contributed by atoms with Crippen LogP contribution < -0.4 is 5.32 Å². The molecule has 0 saturated carbocycles. The Balaban J connectivity index is 2.13. The number of rotatable bonds is 9. The SMILES string of the molecule is CC[C@@H](Nc1ccc(C)c(C[As]C[C@@H](C)C(=O)O)c1)c1cc(C)c(Cl)c(C)c1. The first kappa shape index (κ1) is 22.8. The van der Waals surface area contributed by atoms with Crippen LogP contribution in [0.1, 0.15) is 54.1 Å². The molecule has 2 aromatic rings. The summed E-state index contributed by atoms with van der Waals surface area (Å²) in [6.45, 7) is 10.2. The molecule has 3 nitrogen and oxygen atoms in total. The molecule has 2 rings (SSSR count). The molecule has 2 atom stereocenters. The molecule has 28 heavy (non-hydrogen) atoms. The van der Waals surface area contributed by atoms with E-state index in [2.05, 4.69) is 63.3 Å². The summed E-state index contributed by atoms with van der Waals surface area (Å²) in [5, 5.41) is 15.4. The van der Waals surface area contributed by atoms with Gasteiger partial charge in [0.15, 0.2) is 0 Å². The van der Waals surface area contributed by atoms with E-state index in [9.17, 15) is 4.79 Å². The van der Waals surface area contributed by atoms with Crippen molar-refractivity contribution in [2.45, 2.75) is 57.5 Å². The Labute approximate surface area is 180 Å². The minimum atomic E-state index is -0.693. The van der Waals surface area contributed by atoms with Crippen molar-refractivity contribution in [1.29, 1.82) is 0 Å². The topological polar surface area (TPSA) is 49.3 Å². The predicted octanol–water partition coefficient (Wildman–Crippen LogP) is 6.17. The van der Waals surface area contributed by atoms with Gasteiger partial charge in [-0.15, -0.1) is 0 Å². The molecule has 2 N–H and O–H groups in total. The Hall–Kier alpha value is -1.44. The summed E-state index contributed by atoms with van der Waals surface area (Å²) in [4.78, 5) is 11.0. The molecule has 151 valence electrons. The number of carbonyl (C=O) groups is 1. The van der Waals surface area contributed by atoms with Gasteiger partial charge >= 0.3 is 181 Å². The van der Waals surface area contributed by atoms with Crippen molar-refractivity contribution in [3.63, 3.8) is 0 Å². The third-order valence-corrected chi connectivity index (χ3v) is 8.54. The van der Waals surface area contributed by atoms with Crippen LogP contribution in [0.4, 0.5) is 5.69 Å². The normalized spacial score (nSPS) is 13.6. The third-order valence-electron chi connectivity index (χ3n) is 5.07. The average Bonchev–Trinajstić information content (AvgIpc) is 2.65. The number of benzene rings is 2. The van der Waals surface area contributed by atoms with E-state index >= 15 is 0 Å². The van der Waals surface area contributed by atoms with Crippen LogP contribution in [0.5, 0.6) is 0 Å². The van der Waals surface area contributed by atoms with Crippen LogP contribution in [0.15, 0.2) is 30.3 Å². The molecule has 0 saturated heterocycles. The van der Waals surface area contributed by atoms with E-state index in [1.54, 1.807) is 6.92 Å². The van der Waals surface area contributed by atoms with Crippen LogP contribution in [-0.4, -0.2) is 26.8 Å². The molecule has 0 aliphatic heterocycles. The van der Waals surface area contributed by atoms with E-state index in [0.717, 1.165) is 38.7 Å². The Morgan fingerprint density at radius 3 is 2.36 bits per heavy atom.